The molecule has 0 atom stereocenters. The third-order valence-electron chi connectivity index (χ3n) is 3.35. The first-order valence-electron chi connectivity index (χ1n) is 5.97. The highest BCUT2D eigenvalue weighted by atomic mass is 35.5. The minimum Gasteiger partial charge on any atom is -0.493 e. The molecule has 90 valence electrons. The van der Waals surface area contributed by atoms with Crippen LogP contribution in [-0.4, -0.2) is 6.61 Å². The van der Waals surface area contributed by atoms with Gasteiger partial charge in [0.2, 0.25) is 0 Å². The molecule has 0 saturated heterocycles. The summed E-state index contributed by atoms with van der Waals surface area (Å²) >= 11 is 6.05. The van der Waals surface area contributed by atoms with Crippen molar-refractivity contribution < 1.29 is 4.74 Å². The van der Waals surface area contributed by atoms with Gasteiger partial charge in [0.1, 0.15) is 5.75 Å². The van der Waals surface area contributed by atoms with Crippen LogP contribution >= 0.6 is 11.6 Å². The molecule has 0 bridgehead atoms. The van der Waals surface area contributed by atoms with Crippen molar-refractivity contribution in [2.24, 2.45) is 5.41 Å². The van der Waals surface area contributed by atoms with Crippen LogP contribution in [0.1, 0.15) is 31.7 Å². The summed E-state index contributed by atoms with van der Waals surface area (Å²) in [5.41, 5.74) is 1.23. The van der Waals surface area contributed by atoms with Crippen LogP contribution in [0.4, 0.5) is 0 Å². The van der Waals surface area contributed by atoms with Gasteiger partial charge in [-0.25, -0.2) is 0 Å². The van der Waals surface area contributed by atoms with E-state index in [4.69, 9.17) is 21.6 Å². The number of aryl methyl sites for hydroxylation is 1. The first-order chi connectivity index (χ1) is 8.19. The van der Waals surface area contributed by atoms with Crippen LogP contribution in [0.25, 0.3) is 0 Å². The van der Waals surface area contributed by atoms with Gasteiger partial charge in [-0.1, -0.05) is 18.5 Å². The quantitative estimate of drug-likeness (QED) is 0.791. The van der Waals surface area contributed by atoms with E-state index in [1.807, 2.05) is 18.2 Å². The highest BCUT2D eigenvalue weighted by Crippen LogP contribution is 2.48. The molecule has 17 heavy (non-hydrogen) atoms. The summed E-state index contributed by atoms with van der Waals surface area (Å²) in [6.07, 6.45) is 3.71. The molecule has 0 unspecified atom stereocenters. The zero-order chi connectivity index (χ0) is 12.3. The number of nitriles is 1. The monoisotopic (exact) mass is 249 g/mol. The molecule has 1 aliphatic rings. The molecule has 0 aromatic heterocycles. The Hall–Kier alpha value is -1.20. The topological polar surface area (TPSA) is 33.0 Å². The van der Waals surface area contributed by atoms with E-state index in [2.05, 4.69) is 13.0 Å². The Morgan fingerprint density at radius 2 is 2.24 bits per heavy atom. The minimum absolute atomic E-state index is 0.126. The maximum absolute atomic E-state index is 8.73. The van der Waals surface area contributed by atoms with E-state index in [-0.39, 0.29) is 5.41 Å². The molecule has 0 spiro atoms. The molecule has 1 fully saturated rings. The molecule has 0 amide bonds. The first kappa shape index (κ1) is 12.3. The Morgan fingerprint density at radius 1 is 1.47 bits per heavy atom. The van der Waals surface area contributed by atoms with Crippen molar-refractivity contribution in [3.05, 3.63) is 28.8 Å². The molecule has 0 heterocycles. The largest absolute Gasteiger partial charge is 0.493 e. The van der Waals surface area contributed by atoms with E-state index < -0.39 is 0 Å². The summed E-state index contributed by atoms with van der Waals surface area (Å²) < 4.78 is 5.77. The summed E-state index contributed by atoms with van der Waals surface area (Å²) in [7, 11) is 0. The Kier molecular flexibility index (Phi) is 3.59. The van der Waals surface area contributed by atoms with Gasteiger partial charge in [-0.05, 0) is 43.0 Å². The second-order valence-corrected chi connectivity index (χ2v) is 5.14. The van der Waals surface area contributed by atoms with Gasteiger partial charge in [0.25, 0.3) is 0 Å². The molecule has 1 aliphatic carbocycles. The molecule has 2 rings (SSSR count). The van der Waals surface area contributed by atoms with Crippen molar-refractivity contribution in [2.75, 3.05) is 6.61 Å². The average molecular weight is 250 g/mol. The fraction of sp³-hybridized carbons (Fsp3) is 0.500. The molecule has 0 radical (unpaired) electrons. The van der Waals surface area contributed by atoms with Crippen molar-refractivity contribution in [1.29, 1.82) is 5.26 Å². The molecule has 0 N–H and O–H groups in total. The molecule has 1 aromatic carbocycles. The molecular formula is C14H16ClNO. The molecular weight excluding hydrogens is 234 g/mol. The lowest BCUT2D eigenvalue weighted by atomic mass is 10.1. The lowest BCUT2D eigenvalue weighted by Crippen LogP contribution is -2.12. The van der Waals surface area contributed by atoms with Gasteiger partial charge in [-0.3, -0.25) is 0 Å². The number of ether oxygens (including phenoxy) is 1. The van der Waals surface area contributed by atoms with E-state index in [0.29, 0.717) is 13.0 Å². The predicted octanol–water partition coefficient (Wildman–Crippen LogP) is 3.98. The van der Waals surface area contributed by atoms with Crippen molar-refractivity contribution >= 4 is 11.6 Å². The van der Waals surface area contributed by atoms with E-state index in [1.54, 1.807) is 0 Å². The Morgan fingerprint density at radius 3 is 2.82 bits per heavy atom. The number of hydrogen-bond donors (Lipinski definition) is 0. The SMILES string of the molecule is CCc1cc(OCC2(CC#N)CC2)ccc1Cl. The Labute approximate surface area is 107 Å². The highest BCUT2D eigenvalue weighted by Gasteiger charge is 2.43. The van der Waals surface area contributed by atoms with E-state index in [9.17, 15) is 0 Å². The average Bonchev–Trinajstić information content (AvgIpc) is 3.09. The lowest BCUT2D eigenvalue weighted by Gasteiger charge is -2.13. The van der Waals surface area contributed by atoms with Crippen LogP contribution in [0.5, 0.6) is 5.75 Å². The van der Waals surface area contributed by atoms with Gasteiger partial charge >= 0.3 is 0 Å². The zero-order valence-electron chi connectivity index (χ0n) is 10.0. The second-order valence-electron chi connectivity index (χ2n) is 4.73. The van der Waals surface area contributed by atoms with Gasteiger partial charge in [-0.2, -0.15) is 5.26 Å². The molecule has 1 saturated carbocycles. The third-order valence-corrected chi connectivity index (χ3v) is 3.72. The fourth-order valence-electron chi connectivity index (χ4n) is 1.86. The van der Waals surface area contributed by atoms with Gasteiger partial charge in [0.15, 0.2) is 0 Å². The van der Waals surface area contributed by atoms with Crippen LogP contribution < -0.4 is 4.74 Å². The maximum Gasteiger partial charge on any atom is 0.119 e. The number of hydrogen-bond acceptors (Lipinski definition) is 2. The highest BCUT2D eigenvalue weighted by molar-refractivity contribution is 6.31. The van der Waals surface area contributed by atoms with Gasteiger partial charge < -0.3 is 4.74 Å². The minimum atomic E-state index is 0.126. The summed E-state index contributed by atoms with van der Waals surface area (Å²) in [6.45, 7) is 2.72. The molecule has 1 aromatic rings. The van der Waals surface area contributed by atoms with Crippen molar-refractivity contribution in [3.8, 4) is 11.8 Å². The van der Waals surface area contributed by atoms with Crippen LogP contribution in [0, 0.1) is 16.7 Å². The van der Waals surface area contributed by atoms with E-state index in [0.717, 1.165) is 35.6 Å². The number of halogens is 1. The smallest absolute Gasteiger partial charge is 0.119 e. The van der Waals surface area contributed by atoms with Crippen molar-refractivity contribution in [2.45, 2.75) is 32.6 Å². The normalized spacial score (nSPS) is 16.3. The van der Waals surface area contributed by atoms with Crippen molar-refractivity contribution in [3.63, 3.8) is 0 Å². The van der Waals surface area contributed by atoms with Crippen LogP contribution in [-0.2, 0) is 6.42 Å². The summed E-state index contributed by atoms with van der Waals surface area (Å²) in [4.78, 5) is 0. The summed E-state index contributed by atoms with van der Waals surface area (Å²) in [6, 6.07) is 8.00. The number of benzene rings is 1. The molecule has 2 nitrogen and oxygen atoms in total. The van der Waals surface area contributed by atoms with Crippen LogP contribution in [0.15, 0.2) is 18.2 Å². The Bertz CT molecular complexity index is 446. The van der Waals surface area contributed by atoms with Crippen LogP contribution in [0.2, 0.25) is 5.02 Å². The predicted molar refractivity (Wildman–Crippen MR) is 68.2 cm³/mol. The first-order valence-corrected chi connectivity index (χ1v) is 6.35. The standard InChI is InChI=1S/C14H16ClNO/c1-2-11-9-12(3-4-13(11)15)17-10-14(5-6-14)7-8-16/h3-4,9H,2,5-7,10H2,1H3. The molecule has 0 aliphatic heterocycles. The Balaban J connectivity index is 1.98. The maximum atomic E-state index is 8.73. The van der Waals surface area contributed by atoms with Gasteiger partial charge in [-0.15, -0.1) is 0 Å². The van der Waals surface area contributed by atoms with Crippen LogP contribution in [0.3, 0.4) is 0 Å². The summed E-state index contributed by atoms with van der Waals surface area (Å²) in [5.74, 6) is 0.857. The molecule has 3 heteroatoms. The lowest BCUT2D eigenvalue weighted by molar-refractivity contribution is 0.236. The van der Waals surface area contributed by atoms with Gasteiger partial charge in [0, 0.05) is 16.9 Å². The zero-order valence-corrected chi connectivity index (χ0v) is 10.8. The third kappa shape index (κ3) is 2.92. The number of nitrogens with zero attached hydrogens (tertiary/aromatic N) is 1. The van der Waals surface area contributed by atoms with Crippen molar-refractivity contribution in [1.82, 2.24) is 0 Å². The van der Waals surface area contributed by atoms with Gasteiger partial charge in [0.05, 0.1) is 12.7 Å². The fourth-order valence-corrected chi connectivity index (χ4v) is 2.12. The van der Waals surface area contributed by atoms with E-state index >= 15 is 0 Å². The van der Waals surface area contributed by atoms with E-state index in [1.165, 1.54) is 0 Å². The number of rotatable bonds is 5. The second kappa shape index (κ2) is 4.98. The summed E-state index contributed by atoms with van der Waals surface area (Å²) in [5, 5.41) is 9.52.